The summed E-state index contributed by atoms with van der Waals surface area (Å²) in [4.78, 5) is 14.8. The van der Waals surface area contributed by atoms with Crippen LogP contribution in [-0.2, 0) is 13.0 Å². The maximum absolute atomic E-state index is 13.1. The Morgan fingerprint density at radius 2 is 1.75 bits per heavy atom. The summed E-state index contributed by atoms with van der Waals surface area (Å²) in [6, 6.07) is 22.0. The van der Waals surface area contributed by atoms with E-state index in [0.717, 1.165) is 28.9 Å². The Hall–Kier alpha value is -3.14. The van der Waals surface area contributed by atoms with Crippen molar-refractivity contribution in [2.45, 2.75) is 26.0 Å². The first-order valence-electron chi connectivity index (χ1n) is 9.49. The van der Waals surface area contributed by atoms with Crippen molar-refractivity contribution in [1.82, 2.24) is 4.90 Å². The Labute approximate surface area is 164 Å². The Kier molecular flexibility index (Phi) is 5.11. The van der Waals surface area contributed by atoms with Gasteiger partial charge in [-0.1, -0.05) is 48.5 Å². The molecular formula is C24H22FNO2. The summed E-state index contributed by atoms with van der Waals surface area (Å²) in [5.41, 5.74) is 3.67. The smallest absolute Gasteiger partial charge is 0.254 e. The molecule has 4 rings (SSSR count). The largest absolute Gasteiger partial charge is 0.486 e. The van der Waals surface area contributed by atoms with Gasteiger partial charge in [0.15, 0.2) is 0 Å². The molecular weight excluding hydrogens is 353 g/mol. The van der Waals surface area contributed by atoms with Crippen molar-refractivity contribution in [3.63, 3.8) is 0 Å². The van der Waals surface area contributed by atoms with Crippen LogP contribution in [0.4, 0.5) is 4.39 Å². The molecule has 0 aliphatic carbocycles. The Balaban J connectivity index is 1.53. The van der Waals surface area contributed by atoms with Crippen molar-refractivity contribution in [2.75, 3.05) is 6.54 Å². The zero-order valence-electron chi connectivity index (χ0n) is 15.8. The number of fused-ring (bicyclic) bond motifs is 1. The van der Waals surface area contributed by atoms with Crippen LogP contribution in [0, 0.1) is 5.82 Å². The molecule has 142 valence electrons. The van der Waals surface area contributed by atoms with Crippen LogP contribution in [0.15, 0.2) is 72.8 Å². The second kappa shape index (κ2) is 7.85. The molecule has 0 radical (unpaired) electrons. The molecule has 1 aliphatic rings. The first kappa shape index (κ1) is 18.2. The zero-order valence-corrected chi connectivity index (χ0v) is 15.8. The van der Waals surface area contributed by atoms with Crippen molar-refractivity contribution >= 4 is 5.91 Å². The number of carbonyl (C=O) groups excluding carboxylic acids is 1. The first-order chi connectivity index (χ1) is 13.6. The zero-order chi connectivity index (χ0) is 19.5. The Bertz CT molecular complexity index is 970. The number of rotatable bonds is 5. The maximum Gasteiger partial charge on any atom is 0.254 e. The molecule has 0 fully saturated rings. The van der Waals surface area contributed by atoms with Gasteiger partial charge in [0, 0.05) is 24.2 Å². The number of amides is 1. The standard InChI is InChI=1S/C24H22FNO2/c1-17(19-6-3-2-4-7-19)28-23-9-5-8-22-21(23)14-15-26(24(22)27)16-18-10-12-20(25)13-11-18/h2-13,17H,14-16H2,1H3/t17-/m0/s1. The summed E-state index contributed by atoms with van der Waals surface area (Å²) >= 11 is 0. The molecule has 3 aromatic carbocycles. The highest BCUT2D eigenvalue weighted by molar-refractivity contribution is 5.97. The van der Waals surface area contributed by atoms with E-state index in [2.05, 4.69) is 0 Å². The van der Waals surface area contributed by atoms with E-state index < -0.39 is 0 Å². The van der Waals surface area contributed by atoms with E-state index in [0.29, 0.717) is 18.7 Å². The molecule has 3 aromatic rings. The minimum absolute atomic E-state index is 0.0108. The number of carbonyl (C=O) groups is 1. The summed E-state index contributed by atoms with van der Waals surface area (Å²) < 4.78 is 19.3. The lowest BCUT2D eigenvalue weighted by atomic mass is 9.97. The monoisotopic (exact) mass is 375 g/mol. The van der Waals surface area contributed by atoms with Crippen LogP contribution in [-0.4, -0.2) is 17.4 Å². The van der Waals surface area contributed by atoms with E-state index in [1.165, 1.54) is 12.1 Å². The molecule has 0 bridgehead atoms. The summed E-state index contributed by atoms with van der Waals surface area (Å²) in [5.74, 6) is 0.486. The highest BCUT2D eigenvalue weighted by atomic mass is 19.1. The molecule has 4 heteroatoms. The number of ether oxygens (including phenoxy) is 1. The molecule has 0 spiro atoms. The number of hydrogen-bond donors (Lipinski definition) is 0. The predicted octanol–water partition coefficient (Wildman–Crippen LogP) is 5.16. The quantitative estimate of drug-likeness (QED) is 0.616. The molecule has 0 unspecified atom stereocenters. The van der Waals surface area contributed by atoms with Gasteiger partial charge in [-0.2, -0.15) is 0 Å². The minimum atomic E-state index is -0.270. The van der Waals surface area contributed by atoms with Gasteiger partial charge in [0.2, 0.25) is 0 Å². The summed E-state index contributed by atoms with van der Waals surface area (Å²) in [7, 11) is 0. The SMILES string of the molecule is C[C@H](Oc1cccc2c1CCN(Cc1ccc(F)cc1)C2=O)c1ccccc1. The summed E-state index contributed by atoms with van der Waals surface area (Å²) in [6.07, 6.45) is 0.639. The summed E-state index contributed by atoms with van der Waals surface area (Å²) in [6.45, 7) is 3.10. The van der Waals surface area contributed by atoms with E-state index in [4.69, 9.17) is 4.74 Å². The van der Waals surface area contributed by atoms with Crippen LogP contribution in [0.5, 0.6) is 5.75 Å². The van der Waals surface area contributed by atoms with Crippen LogP contribution in [0.1, 0.15) is 40.1 Å². The van der Waals surface area contributed by atoms with Crippen LogP contribution in [0.25, 0.3) is 0 Å². The molecule has 1 atom stereocenters. The number of halogens is 1. The molecule has 1 amide bonds. The minimum Gasteiger partial charge on any atom is -0.486 e. The number of hydrogen-bond acceptors (Lipinski definition) is 2. The third-order valence-electron chi connectivity index (χ3n) is 5.14. The molecule has 1 heterocycles. The van der Waals surface area contributed by atoms with E-state index in [-0.39, 0.29) is 17.8 Å². The highest BCUT2D eigenvalue weighted by Gasteiger charge is 2.27. The molecule has 3 nitrogen and oxygen atoms in total. The van der Waals surface area contributed by atoms with Crippen LogP contribution >= 0.6 is 0 Å². The lowest BCUT2D eigenvalue weighted by Gasteiger charge is -2.30. The van der Waals surface area contributed by atoms with Gasteiger partial charge in [0.25, 0.3) is 5.91 Å². The van der Waals surface area contributed by atoms with E-state index in [9.17, 15) is 9.18 Å². The molecule has 28 heavy (non-hydrogen) atoms. The fourth-order valence-corrected chi connectivity index (χ4v) is 3.60. The number of nitrogens with zero attached hydrogens (tertiary/aromatic N) is 1. The normalized spacial score (nSPS) is 14.5. The molecule has 0 N–H and O–H groups in total. The third kappa shape index (κ3) is 3.77. The number of benzene rings is 3. The fourth-order valence-electron chi connectivity index (χ4n) is 3.60. The van der Waals surface area contributed by atoms with E-state index in [1.54, 1.807) is 17.0 Å². The lowest BCUT2D eigenvalue weighted by Crippen LogP contribution is -2.37. The van der Waals surface area contributed by atoms with Crippen LogP contribution < -0.4 is 4.74 Å². The van der Waals surface area contributed by atoms with Crippen molar-refractivity contribution in [2.24, 2.45) is 0 Å². The van der Waals surface area contributed by atoms with Gasteiger partial charge in [0.1, 0.15) is 17.7 Å². The van der Waals surface area contributed by atoms with Gasteiger partial charge < -0.3 is 9.64 Å². The van der Waals surface area contributed by atoms with Gasteiger partial charge in [-0.3, -0.25) is 4.79 Å². The van der Waals surface area contributed by atoms with Crippen molar-refractivity contribution in [3.8, 4) is 5.75 Å². The van der Waals surface area contributed by atoms with Gasteiger partial charge in [-0.05, 0) is 48.7 Å². The van der Waals surface area contributed by atoms with Crippen LogP contribution in [0.3, 0.4) is 0 Å². The van der Waals surface area contributed by atoms with E-state index >= 15 is 0 Å². The van der Waals surface area contributed by atoms with Crippen LogP contribution in [0.2, 0.25) is 0 Å². The van der Waals surface area contributed by atoms with Gasteiger partial charge in [-0.25, -0.2) is 4.39 Å². The Morgan fingerprint density at radius 3 is 2.50 bits per heavy atom. The Morgan fingerprint density at radius 1 is 1.00 bits per heavy atom. The van der Waals surface area contributed by atoms with Crippen molar-refractivity contribution < 1.29 is 13.9 Å². The predicted molar refractivity (Wildman–Crippen MR) is 107 cm³/mol. The molecule has 0 saturated carbocycles. The van der Waals surface area contributed by atoms with Crippen molar-refractivity contribution in [3.05, 3.63) is 101 Å². The first-order valence-corrected chi connectivity index (χ1v) is 9.49. The highest BCUT2D eigenvalue weighted by Crippen LogP contribution is 2.31. The fraction of sp³-hybridized carbons (Fsp3) is 0.208. The second-order valence-electron chi connectivity index (χ2n) is 7.06. The lowest BCUT2D eigenvalue weighted by molar-refractivity contribution is 0.0724. The maximum atomic E-state index is 13.1. The second-order valence-corrected chi connectivity index (χ2v) is 7.06. The molecule has 0 saturated heterocycles. The summed E-state index contributed by atoms with van der Waals surface area (Å²) in [5, 5.41) is 0. The average molecular weight is 375 g/mol. The van der Waals surface area contributed by atoms with Gasteiger partial charge >= 0.3 is 0 Å². The third-order valence-corrected chi connectivity index (χ3v) is 5.14. The molecule has 1 aliphatic heterocycles. The van der Waals surface area contributed by atoms with E-state index in [1.807, 2.05) is 55.5 Å². The molecule has 0 aromatic heterocycles. The van der Waals surface area contributed by atoms with Gasteiger partial charge in [0.05, 0.1) is 0 Å². The topological polar surface area (TPSA) is 29.5 Å². The van der Waals surface area contributed by atoms with Gasteiger partial charge in [-0.15, -0.1) is 0 Å². The average Bonchev–Trinajstić information content (AvgIpc) is 2.73. The van der Waals surface area contributed by atoms with Crippen molar-refractivity contribution in [1.29, 1.82) is 0 Å².